The Labute approximate surface area is 318 Å². The highest BCUT2D eigenvalue weighted by atomic mass is 16.3. The Morgan fingerprint density at radius 3 is 1.87 bits per heavy atom. The van der Waals surface area contributed by atoms with Crippen LogP contribution in [0.15, 0.2) is 211 Å². The molecule has 0 aliphatic rings. The molecule has 0 fully saturated rings. The van der Waals surface area contributed by atoms with Crippen molar-refractivity contribution in [2.75, 3.05) is 4.90 Å². The fourth-order valence-electron chi connectivity index (χ4n) is 8.41. The molecule has 0 unspecified atom stereocenters. The van der Waals surface area contributed by atoms with Crippen molar-refractivity contribution in [2.24, 2.45) is 0 Å². The summed E-state index contributed by atoms with van der Waals surface area (Å²) in [5.74, 6) is 0. The highest BCUT2D eigenvalue weighted by molar-refractivity contribution is 6.17. The molecule has 0 atom stereocenters. The fraction of sp³-hybridized carbons (Fsp3) is 0. The maximum Gasteiger partial charge on any atom is 0.159 e. The van der Waals surface area contributed by atoms with E-state index < -0.39 is 0 Å². The zero-order valence-electron chi connectivity index (χ0n) is 29.9. The van der Waals surface area contributed by atoms with Crippen LogP contribution < -0.4 is 4.90 Å². The van der Waals surface area contributed by atoms with Crippen LogP contribution in [-0.2, 0) is 0 Å². The molecule has 3 nitrogen and oxygen atoms in total. The fourth-order valence-corrected chi connectivity index (χ4v) is 8.41. The summed E-state index contributed by atoms with van der Waals surface area (Å²) in [6.45, 7) is 0. The van der Waals surface area contributed by atoms with Crippen LogP contribution in [0.2, 0.25) is 0 Å². The largest absolute Gasteiger partial charge is 0.454 e. The lowest BCUT2D eigenvalue weighted by atomic mass is 9.95. The van der Waals surface area contributed by atoms with Crippen molar-refractivity contribution in [3.8, 4) is 27.9 Å². The van der Waals surface area contributed by atoms with Crippen LogP contribution in [0.5, 0.6) is 0 Å². The molecule has 0 saturated carbocycles. The Hall–Kier alpha value is -7.36. The van der Waals surface area contributed by atoms with Gasteiger partial charge in [-0.25, -0.2) is 0 Å². The first kappa shape index (κ1) is 31.2. The van der Waals surface area contributed by atoms with Crippen molar-refractivity contribution < 1.29 is 4.42 Å². The normalized spacial score (nSPS) is 11.6. The van der Waals surface area contributed by atoms with Gasteiger partial charge in [-0.3, -0.25) is 0 Å². The quantitative estimate of drug-likeness (QED) is 0.172. The molecule has 3 heteroatoms. The average molecular weight is 703 g/mol. The number of benzene rings is 9. The van der Waals surface area contributed by atoms with E-state index in [1.807, 2.05) is 6.07 Å². The van der Waals surface area contributed by atoms with Crippen LogP contribution >= 0.6 is 0 Å². The zero-order chi connectivity index (χ0) is 36.3. The molecule has 0 aliphatic carbocycles. The van der Waals surface area contributed by atoms with Gasteiger partial charge in [-0.15, -0.1) is 0 Å². The number of para-hydroxylation sites is 3. The first-order chi connectivity index (χ1) is 27.3. The number of anilines is 3. The van der Waals surface area contributed by atoms with Crippen LogP contribution in [0, 0.1) is 0 Å². The Balaban J connectivity index is 1.24. The summed E-state index contributed by atoms with van der Waals surface area (Å²) in [4.78, 5) is 2.36. The van der Waals surface area contributed by atoms with Gasteiger partial charge in [0.05, 0.1) is 16.7 Å². The minimum atomic E-state index is 0.862. The molecular weight excluding hydrogens is 669 g/mol. The summed E-state index contributed by atoms with van der Waals surface area (Å²) >= 11 is 0. The zero-order valence-corrected chi connectivity index (χ0v) is 29.9. The van der Waals surface area contributed by atoms with Crippen LogP contribution in [0.25, 0.3) is 82.5 Å². The van der Waals surface area contributed by atoms with E-state index in [4.69, 9.17) is 4.42 Å². The number of hydrogen-bond acceptors (Lipinski definition) is 2. The summed E-state index contributed by atoms with van der Waals surface area (Å²) in [5.41, 5.74) is 13.0. The predicted molar refractivity (Wildman–Crippen MR) is 231 cm³/mol. The lowest BCUT2D eigenvalue weighted by Crippen LogP contribution is -2.10. The predicted octanol–water partition coefficient (Wildman–Crippen LogP) is 14.6. The third-order valence-electron chi connectivity index (χ3n) is 10.9. The second-order valence-corrected chi connectivity index (χ2v) is 14.1. The Bertz CT molecular complexity index is 3200. The third-order valence-corrected chi connectivity index (χ3v) is 10.9. The highest BCUT2D eigenvalue weighted by Crippen LogP contribution is 2.46. The molecule has 258 valence electrons. The average Bonchev–Trinajstić information content (AvgIpc) is 3.80. The molecule has 9 aromatic carbocycles. The molecule has 0 N–H and O–H groups in total. The van der Waals surface area contributed by atoms with Gasteiger partial charge < -0.3 is 13.9 Å². The van der Waals surface area contributed by atoms with Gasteiger partial charge in [0, 0.05) is 44.2 Å². The van der Waals surface area contributed by atoms with Gasteiger partial charge >= 0.3 is 0 Å². The smallest absolute Gasteiger partial charge is 0.159 e. The van der Waals surface area contributed by atoms with Crippen molar-refractivity contribution in [1.82, 2.24) is 4.57 Å². The minimum absolute atomic E-state index is 0.862. The van der Waals surface area contributed by atoms with Crippen molar-refractivity contribution in [3.63, 3.8) is 0 Å². The van der Waals surface area contributed by atoms with Crippen molar-refractivity contribution >= 4 is 71.6 Å². The molecular formula is C52H34N2O. The first-order valence-electron chi connectivity index (χ1n) is 18.8. The van der Waals surface area contributed by atoms with Crippen molar-refractivity contribution in [2.45, 2.75) is 0 Å². The van der Waals surface area contributed by atoms with Gasteiger partial charge in [-0.05, 0) is 94.2 Å². The van der Waals surface area contributed by atoms with Crippen LogP contribution in [0.1, 0.15) is 0 Å². The van der Waals surface area contributed by atoms with E-state index in [-0.39, 0.29) is 0 Å². The lowest BCUT2D eigenvalue weighted by molar-refractivity contribution is 0.669. The van der Waals surface area contributed by atoms with E-state index >= 15 is 0 Å². The number of hydrogen-bond donors (Lipinski definition) is 0. The number of nitrogens with zero attached hydrogens (tertiary/aromatic N) is 2. The SMILES string of the molecule is c1ccc(-c2cc(-c3ccccc3)c3c(c2)c2cc(N(c4ccc5ccccc5c4)c4cccc5c4oc4ccccc45)ccc2n3-c2ccccc2)cc1. The van der Waals surface area contributed by atoms with Gasteiger partial charge in [-0.2, -0.15) is 0 Å². The van der Waals surface area contributed by atoms with Crippen molar-refractivity contribution in [1.29, 1.82) is 0 Å². The molecule has 0 bridgehead atoms. The van der Waals surface area contributed by atoms with Crippen LogP contribution in [0.3, 0.4) is 0 Å². The van der Waals surface area contributed by atoms with E-state index in [1.165, 1.54) is 49.3 Å². The Kier molecular flexibility index (Phi) is 7.17. The van der Waals surface area contributed by atoms with Gasteiger partial charge in [0.2, 0.25) is 0 Å². The van der Waals surface area contributed by atoms with Gasteiger partial charge in [-0.1, -0.05) is 140 Å². The second-order valence-electron chi connectivity index (χ2n) is 14.1. The second kappa shape index (κ2) is 12.6. The maximum atomic E-state index is 6.70. The number of fused-ring (bicyclic) bond motifs is 7. The van der Waals surface area contributed by atoms with E-state index in [9.17, 15) is 0 Å². The lowest BCUT2D eigenvalue weighted by Gasteiger charge is -2.26. The summed E-state index contributed by atoms with van der Waals surface area (Å²) in [6, 6.07) is 74.0. The van der Waals surface area contributed by atoms with E-state index in [0.29, 0.717) is 0 Å². The molecule has 0 spiro atoms. The van der Waals surface area contributed by atoms with Crippen LogP contribution in [-0.4, -0.2) is 4.57 Å². The number of aromatic nitrogens is 1. The molecule has 0 saturated heterocycles. The molecule has 0 aliphatic heterocycles. The van der Waals surface area contributed by atoms with E-state index in [2.05, 4.69) is 210 Å². The van der Waals surface area contributed by atoms with E-state index in [0.717, 1.165) is 50.2 Å². The maximum absolute atomic E-state index is 6.70. The van der Waals surface area contributed by atoms with Gasteiger partial charge in [0.25, 0.3) is 0 Å². The number of furan rings is 1. The molecule has 0 amide bonds. The first-order valence-corrected chi connectivity index (χ1v) is 18.8. The monoisotopic (exact) mass is 702 g/mol. The summed E-state index contributed by atoms with van der Waals surface area (Å²) in [5, 5.41) is 6.97. The topological polar surface area (TPSA) is 21.3 Å². The molecule has 0 radical (unpaired) electrons. The van der Waals surface area contributed by atoms with Gasteiger partial charge in [0.15, 0.2) is 5.58 Å². The third kappa shape index (κ3) is 5.13. The molecule has 2 heterocycles. The molecule has 11 aromatic rings. The standard InChI is InChI=1S/C52H34N2O/c1-4-15-35(16-5-1)39-32-45(37-18-6-2-7-19-37)51-47(33-39)46-34-42(29-30-48(46)54(51)40-21-8-3-9-22-40)53(41-28-27-36-17-10-11-20-38(36)31-41)49-25-14-24-44-43-23-12-13-26-50(43)55-52(44)49/h1-34H. The van der Waals surface area contributed by atoms with E-state index in [1.54, 1.807) is 0 Å². The molecule has 11 rings (SSSR count). The molecule has 2 aromatic heterocycles. The van der Waals surface area contributed by atoms with Crippen molar-refractivity contribution in [3.05, 3.63) is 206 Å². The molecule has 55 heavy (non-hydrogen) atoms. The Morgan fingerprint density at radius 1 is 0.400 bits per heavy atom. The summed E-state index contributed by atoms with van der Waals surface area (Å²) in [6.07, 6.45) is 0. The number of rotatable bonds is 6. The van der Waals surface area contributed by atoms with Crippen LogP contribution in [0.4, 0.5) is 17.1 Å². The van der Waals surface area contributed by atoms with Gasteiger partial charge in [0.1, 0.15) is 5.58 Å². The highest BCUT2D eigenvalue weighted by Gasteiger charge is 2.23. The minimum Gasteiger partial charge on any atom is -0.454 e. The summed E-state index contributed by atoms with van der Waals surface area (Å²) < 4.78 is 9.13. The summed E-state index contributed by atoms with van der Waals surface area (Å²) in [7, 11) is 0. The Morgan fingerprint density at radius 2 is 1.05 bits per heavy atom.